The zero-order chi connectivity index (χ0) is 19.7. The number of pyridine rings is 1. The van der Waals surface area contributed by atoms with Crippen LogP contribution in [0.4, 0.5) is 0 Å². The molecule has 0 aliphatic rings. The van der Waals surface area contributed by atoms with Crippen molar-refractivity contribution in [1.29, 1.82) is 0 Å². The lowest BCUT2D eigenvalue weighted by Crippen LogP contribution is -2.12. The molecular weight excluding hydrogens is 352 g/mol. The Bertz CT molecular complexity index is 1120. The van der Waals surface area contributed by atoms with Crippen molar-refractivity contribution in [2.45, 2.75) is 26.2 Å². The number of hydrogen-bond acceptors (Lipinski definition) is 5. The van der Waals surface area contributed by atoms with Crippen LogP contribution in [-0.4, -0.2) is 15.9 Å². The number of oxazole rings is 1. The van der Waals surface area contributed by atoms with Gasteiger partial charge in [-0.2, -0.15) is 0 Å². The Morgan fingerprint density at radius 3 is 2.46 bits per heavy atom. The Labute approximate surface area is 163 Å². The summed E-state index contributed by atoms with van der Waals surface area (Å²) in [5, 5.41) is 0. The Morgan fingerprint density at radius 1 is 1.00 bits per heavy atom. The molecule has 2 heterocycles. The molecule has 4 rings (SSSR count). The topological polar surface area (TPSA) is 65.2 Å². The summed E-state index contributed by atoms with van der Waals surface area (Å²) in [6, 6.07) is 18.1. The van der Waals surface area contributed by atoms with E-state index in [4.69, 9.17) is 9.15 Å². The molecule has 0 saturated carbocycles. The highest BCUT2D eigenvalue weighted by Gasteiger charge is 2.16. The molecule has 0 bridgehead atoms. The van der Waals surface area contributed by atoms with Crippen LogP contribution in [0.3, 0.4) is 0 Å². The van der Waals surface area contributed by atoms with Crippen molar-refractivity contribution in [3.8, 4) is 17.3 Å². The largest absolute Gasteiger partial charge is 0.435 e. The van der Waals surface area contributed by atoms with Gasteiger partial charge in [0, 0.05) is 12.3 Å². The maximum absolute atomic E-state index is 12.5. The second-order valence-electron chi connectivity index (χ2n) is 7.58. The number of carbonyl (C=O) groups is 1. The van der Waals surface area contributed by atoms with Gasteiger partial charge >= 0.3 is 5.97 Å². The van der Waals surface area contributed by atoms with Gasteiger partial charge in [0.05, 0.1) is 5.56 Å². The van der Waals surface area contributed by atoms with E-state index in [0.29, 0.717) is 34.0 Å². The number of nitrogens with zero attached hydrogens (tertiary/aromatic N) is 2. The summed E-state index contributed by atoms with van der Waals surface area (Å²) in [5.74, 6) is 0.419. The van der Waals surface area contributed by atoms with Crippen molar-refractivity contribution in [2.75, 3.05) is 0 Å². The molecule has 28 heavy (non-hydrogen) atoms. The minimum absolute atomic E-state index is 0.0328. The van der Waals surface area contributed by atoms with E-state index in [0.717, 1.165) is 5.56 Å². The monoisotopic (exact) mass is 372 g/mol. The average molecular weight is 372 g/mol. The number of benzene rings is 2. The Hall–Kier alpha value is -3.47. The van der Waals surface area contributed by atoms with Crippen molar-refractivity contribution >= 4 is 17.1 Å². The molecule has 0 amide bonds. The summed E-state index contributed by atoms with van der Waals surface area (Å²) < 4.78 is 11.3. The van der Waals surface area contributed by atoms with Crippen LogP contribution in [0.1, 0.15) is 36.7 Å². The molecule has 2 aromatic heterocycles. The molecule has 0 fully saturated rings. The molecule has 0 saturated heterocycles. The number of esters is 1. The van der Waals surface area contributed by atoms with E-state index in [2.05, 4.69) is 30.7 Å². The van der Waals surface area contributed by atoms with Gasteiger partial charge in [-0.25, -0.2) is 9.78 Å². The van der Waals surface area contributed by atoms with E-state index < -0.39 is 5.97 Å². The Balaban J connectivity index is 1.55. The summed E-state index contributed by atoms with van der Waals surface area (Å²) in [7, 11) is 0. The summed E-state index contributed by atoms with van der Waals surface area (Å²) in [6.07, 6.45) is 1.68. The van der Waals surface area contributed by atoms with E-state index >= 15 is 0 Å². The van der Waals surface area contributed by atoms with Crippen LogP contribution in [0.5, 0.6) is 5.75 Å². The molecule has 0 N–H and O–H groups in total. The van der Waals surface area contributed by atoms with Crippen molar-refractivity contribution in [3.63, 3.8) is 0 Å². The summed E-state index contributed by atoms with van der Waals surface area (Å²) >= 11 is 0. The fourth-order valence-corrected chi connectivity index (χ4v) is 2.84. The van der Waals surface area contributed by atoms with Gasteiger partial charge in [0.2, 0.25) is 5.89 Å². The molecule has 0 spiro atoms. The van der Waals surface area contributed by atoms with Crippen LogP contribution in [0.25, 0.3) is 22.7 Å². The molecule has 5 nitrogen and oxygen atoms in total. The maximum Gasteiger partial charge on any atom is 0.343 e. The highest BCUT2D eigenvalue weighted by Crippen LogP contribution is 2.27. The zero-order valence-electron chi connectivity index (χ0n) is 16.0. The highest BCUT2D eigenvalue weighted by molar-refractivity contribution is 5.91. The molecule has 140 valence electrons. The van der Waals surface area contributed by atoms with Crippen LogP contribution in [0.2, 0.25) is 0 Å². The number of carbonyl (C=O) groups excluding carboxylic acids is 1. The van der Waals surface area contributed by atoms with Gasteiger partial charge in [-0.15, -0.1) is 0 Å². The van der Waals surface area contributed by atoms with Crippen molar-refractivity contribution < 1.29 is 13.9 Å². The van der Waals surface area contributed by atoms with Crippen LogP contribution in [0, 0.1) is 0 Å². The summed E-state index contributed by atoms with van der Waals surface area (Å²) in [6.45, 7) is 6.39. The Morgan fingerprint density at radius 2 is 1.79 bits per heavy atom. The van der Waals surface area contributed by atoms with Gasteiger partial charge in [0.15, 0.2) is 5.58 Å². The fraction of sp³-hybridized carbons (Fsp3) is 0.174. The van der Waals surface area contributed by atoms with Gasteiger partial charge in [-0.3, -0.25) is 4.98 Å². The first kappa shape index (κ1) is 17.9. The molecule has 0 atom stereocenters. The van der Waals surface area contributed by atoms with Gasteiger partial charge in [0.25, 0.3) is 0 Å². The van der Waals surface area contributed by atoms with Gasteiger partial charge < -0.3 is 9.15 Å². The van der Waals surface area contributed by atoms with E-state index in [1.54, 1.807) is 36.5 Å². The third kappa shape index (κ3) is 3.64. The second-order valence-corrected chi connectivity index (χ2v) is 7.58. The van der Waals surface area contributed by atoms with Gasteiger partial charge in [-0.05, 0) is 47.4 Å². The summed E-state index contributed by atoms with van der Waals surface area (Å²) in [4.78, 5) is 21.1. The van der Waals surface area contributed by atoms with Gasteiger partial charge in [0.1, 0.15) is 17.0 Å². The third-order valence-electron chi connectivity index (χ3n) is 4.44. The normalized spacial score (nSPS) is 11.5. The molecule has 0 radical (unpaired) electrons. The first-order chi connectivity index (χ1) is 13.4. The maximum atomic E-state index is 12.5. The zero-order valence-corrected chi connectivity index (χ0v) is 16.0. The predicted octanol–water partition coefficient (Wildman–Crippen LogP) is 5.41. The van der Waals surface area contributed by atoms with E-state index in [9.17, 15) is 4.79 Å². The van der Waals surface area contributed by atoms with Crippen molar-refractivity contribution in [2.24, 2.45) is 0 Å². The van der Waals surface area contributed by atoms with E-state index in [1.165, 1.54) is 0 Å². The summed E-state index contributed by atoms with van der Waals surface area (Å²) in [5.41, 5.74) is 3.56. The first-order valence-electron chi connectivity index (χ1n) is 9.05. The van der Waals surface area contributed by atoms with Gasteiger partial charge in [-0.1, -0.05) is 39.0 Å². The SMILES string of the molecule is CC(C)(C)c1ccc(C(=O)Oc2ccc3nc(-c4ccccn4)oc3c2)cc1. The minimum Gasteiger partial charge on any atom is -0.435 e. The highest BCUT2D eigenvalue weighted by atomic mass is 16.5. The molecular formula is C23H20N2O3. The van der Waals surface area contributed by atoms with Crippen LogP contribution < -0.4 is 4.74 Å². The molecule has 0 unspecified atom stereocenters. The second kappa shape index (κ2) is 6.93. The molecule has 4 aromatic rings. The van der Waals surface area contributed by atoms with Crippen molar-refractivity contribution in [1.82, 2.24) is 9.97 Å². The number of ether oxygens (including phenoxy) is 1. The lowest BCUT2D eigenvalue weighted by molar-refractivity contribution is 0.0735. The number of fused-ring (bicyclic) bond motifs is 1. The predicted molar refractivity (Wildman–Crippen MR) is 107 cm³/mol. The molecule has 5 heteroatoms. The smallest absolute Gasteiger partial charge is 0.343 e. The third-order valence-corrected chi connectivity index (χ3v) is 4.44. The molecule has 2 aromatic carbocycles. The van der Waals surface area contributed by atoms with Crippen LogP contribution in [-0.2, 0) is 5.41 Å². The lowest BCUT2D eigenvalue weighted by atomic mass is 9.87. The number of aromatic nitrogens is 2. The fourth-order valence-electron chi connectivity index (χ4n) is 2.84. The van der Waals surface area contributed by atoms with E-state index in [1.807, 2.05) is 30.3 Å². The van der Waals surface area contributed by atoms with Crippen LogP contribution >= 0.6 is 0 Å². The number of hydrogen-bond donors (Lipinski definition) is 0. The Kier molecular flexibility index (Phi) is 4.43. The lowest BCUT2D eigenvalue weighted by Gasteiger charge is -2.18. The quantitative estimate of drug-likeness (QED) is 0.355. The van der Waals surface area contributed by atoms with Crippen molar-refractivity contribution in [3.05, 3.63) is 78.0 Å². The standard InChI is InChI=1S/C23H20N2O3/c1-23(2,3)16-9-7-15(8-10-16)22(26)27-17-11-12-18-20(14-17)28-21(25-18)19-6-4-5-13-24-19/h4-14H,1-3H3. The number of rotatable bonds is 3. The van der Waals surface area contributed by atoms with Crippen LogP contribution in [0.15, 0.2) is 71.3 Å². The molecule has 0 aliphatic carbocycles. The average Bonchev–Trinajstić information content (AvgIpc) is 3.11. The molecule has 0 aliphatic heterocycles. The minimum atomic E-state index is -0.413. The first-order valence-corrected chi connectivity index (χ1v) is 9.05. The van der Waals surface area contributed by atoms with E-state index in [-0.39, 0.29) is 5.41 Å².